The topological polar surface area (TPSA) is 102 Å². The average Bonchev–Trinajstić information content (AvgIpc) is 3.62. The van der Waals surface area contributed by atoms with Gasteiger partial charge in [-0.15, -0.1) is 5.10 Å². The third-order valence-electron chi connectivity index (χ3n) is 6.62. The van der Waals surface area contributed by atoms with E-state index in [0.29, 0.717) is 37.6 Å². The van der Waals surface area contributed by atoms with Crippen LogP contribution in [-0.2, 0) is 19.6 Å². The van der Waals surface area contributed by atoms with Crippen LogP contribution in [0.25, 0.3) is 10.9 Å². The molecule has 0 aliphatic heterocycles. The molecule has 0 aliphatic carbocycles. The zero-order chi connectivity index (χ0) is 27.2. The minimum absolute atomic E-state index is 0.166. The molecule has 2 aromatic carbocycles. The van der Waals surface area contributed by atoms with Gasteiger partial charge in [0.15, 0.2) is 5.82 Å². The Morgan fingerprint density at radius 2 is 1.95 bits per heavy atom. The minimum atomic E-state index is -0.297. The van der Waals surface area contributed by atoms with E-state index in [-0.39, 0.29) is 17.4 Å². The third-order valence-corrected chi connectivity index (χ3v) is 6.62. The van der Waals surface area contributed by atoms with E-state index in [4.69, 9.17) is 9.15 Å². The van der Waals surface area contributed by atoms with Crippen molar-refractivity contribution in [3.63, 3.8) is 0 Å². The first kappa shape index (κ1) is 26.3. The Morgan fingerprint density at radius 1 is 1.10 bits per heavy atom. The van der Waals surface area contributed by atoms with Crippen molar-refractivity contribution in [1.29, 1.82) is 0 Å². The normalized spacial score (nSPS) is 12.3. The second-order valence-corrected chi connectivity index (χ2v) is 9.42. The molecule has 10 heteroatoms. The molecule has 1 N–H and O–H groups in total. The minimum Gasteiger partial charge on any atom is -0.494 e. The van der Waals surface area contributed by atoms with Crippen molar-refractivity contribution in [2.45, 2.75) is 52.4 Å². The van der Waals surface area contributed by atoms with Crippen molar-refractivity contribution in [2.75, 3.05) is 6.61 Å². The summed E-state index contributed by atoms with van der Waals surface area (Å²) in [4.78, 5) is 18.4. The van der Waals surface area contributed by atoms with E-state index in [2.05, 4.69) is 32.3 Å². The molecule has 5 rings (SSSR count). The fourth-order valence-corrected chi connectivity index (χ4v) is 4.78. The Morgan fingerprint density at radius 3 is 2.69 bits per heavy atom. The molecule has 1 atom stereocenters. The fraction of sp³-hybridized carbons (Fsp3) is 0.310. The maximum atomic E-state index is 13.7. The predicted molar refractivity (Wildman–Crippen MR) is 145 cm³/mol. The maximum Gasteiger partial charge on any atom is 0.252 e. The van der Waals surface area contributed by atoms with Crippen LogP contribution in [0.15, 0.2) is 76.1 Å². The SMILES string of the molecule is CCC[C@@H](c1nnnn1Cc1ccco1)N(Cc1ccc(F)cc1)Cc1cc2cc(OCC)ccc2[nH]c1=O. The van der Waals surface area contributed by atoms with Gasteiger partial charge in [-0.1, -0.05) is 25.5 Å². The highest BCUT2D eigenvalue weighted by atomic mass is 19.1. The van der Waals surface area contributed by atoms with Crippen LogP contribution in [0, 0.1) is 5.82 Å². The molecule has 0 unspecified atom stereocenters. The lowest BCUT2D eigenvalue weighted by Gasteiger charge is -2.31. The predicted octanol–water partition coefficient (Wildman–Crippen LogP) is 5.24. The molecular formula is C29H31FN6O3. The Labute approximate surface area is 225 Å². The van der Waals surface area contributed by atoms with E-state index < -0.39 is 0 Å². The van der Waals surface area contributed by atoms with Crippen LogP contribution in [0.5, 0.6) is 5.75 Å². The molecule has 0 saturated heterocycles. The maximum absolute atomic E-state index is 13.7. The van der Waals surface area contributed by atoms with Crippen molar-refractivity contribution < 1.29 is 13.5 Å². The lowest BCUT2D eigenvalue weighted by molar-refractivity contribution is 0.155. The number of furan rings is 1. The first-order valence-electron chi connectivity index (χ1n) is 13.1. The van der Waals surface area contributed by atoms with Crippen LogP contribution in [0.4, 0.5) is 4.39 Å². The Hall–Kier alpha value is -4.31. The molecule has 0 fully saturated rings. The van der Waals surface area contributed by atoms with Crippen molar-refractivity contribution in [3.8, 4) is 5.75 Å². The van der Waals surface area contributed by atoms with Crippen LogP contribution in [0.1, 0.15) is 55.4 Å². The van der Waals surface area contributed by atoms with Crippen molar-refractivity contribution >= 4 is 10.9 Å². The Balaban J connectivity index is 1.53. The van der Waals surface area contributed by atoms with Gasteiger partial charge in [0, 0.05) is 29.6 Å². The van der Waals surface area contributed by atoms with Crippen LogP contribution < -0.4 is 10.3 Å². The van der Waals surface area contributed by atoms with Crippen LogP contribution in [-0.4, -0.2) is 36.7 Å². The summed E-state index contributed by atoms with van der Waals surface area (Å²) in [6, 6.07) is 17.4. The number of fused-ring (bicyclic) bond motifs is 1. The highest BCUT2D eigenvalue weighted by molar-refractivity contribution is 5.80. The van der Waals surface area contributed by atoms with E-state index in [1.165, 1.54) is 12.1 Å². The number of aromatic nitrogens is 5. The third kappa shape index (κ3) is 6.23. The van der Waals surface area contributed by atoms with Gasteiger partial charge in [-0.2, -0.15) is 0 Å². The lowest BCUT2D eigenvalue weighted by atomic mass is 10.1. The number of nitrogens with one attached hydrogen (secondary N) is 1. The van der Waals surface area contributed by atoms with Gasteiger partial charge in [0.25, 0.3) is 5.56 Å². The number of ether oxygens (including phenoxy) is 1. The quantitative estimate of drug-likeness (QED) is 0.235. The van der Waals surface area contributed by atoms with Crippen molar-refractivity contribution in [3.05, 3.63) is 106 Å². The summed E-state index contributed by atoms with van der Waals surface area (Å²) in [5, 5.41) is 13.5. The molecular weight excluding hydrogens is 499 g/mol. The molecule has 0 radical (unpaired) electrons. The van der Waals surface area contributed by atoms with E-state index in [1.54, 1.807) is 23.1 Å². The van der Waals surface area contributed by atoms with Gasteiger partial charge in [-0.3, -0.25) is 9.69 Å². The average molecular weight is 531 g/mol. The number of aromatic amines is 1. The molecule has 0 aliphatic rings. The smallest absolute Gasteiger partial charge is 0.252 e. The monoisotopic (exact) mass is 530 g/mol. The number of H-pyrrole nitrogens is 1. The second kappa shape index (κ2) is 12.0. The molecule has 0 spiro atoms. The molecule has 0 bridgehead atoms. The molecule has 5 aromatic rings. The number of nitrogens with zero attached hydrogens (tertiary/aromatic N) is 5. The molecule has 9 nitrogen and oxygen atoms in total. The summed E-state index contributed by atoms with van der Waals surface area (Å²) in [6.07, 6.45) is 3.23. The molecule has 3 heterocycles. The molecule has 0 amide bonds. The number of hydrogen-bond acceptors (Lipinski definition) is 7. The molecule has 39 heavy (non-hydrogen) atoms. The molecule has 0 saturated carbocycles. The van der Waals surface area contributed by atoms with Crippen LogP contribution in [0.2, 0.25) is 0 Å². The van der Waals surface area contributed by atoms with Crippen LogP contribution >= 0.6 is 0 Å². The number of benzene rings is 2. The van der Waals surface area contributed by atoms with Gasteiger partial charge >= 0.3 is 0 Å². The zero-order valence-electron chi connectivity index (χ0n) is 22.0. The van der Waals surface area contributed by atoms with E-state index >= 15 is 0 Å². The lowest BCUT2D eigenvalue weighted by Crippen LogP contribution is -2.32. The van der Waals surface area contributed by atoms with Crippen molar-refractivity contribution in [2.24, 2.45) is 0 Å². The number of rotatable bonds is 12. The van der Waals surface area contributed by atoms with Gasteiger partial charge in [-0.25, -0.2) is 9.07 Å². The summed E-state index contributed by atoms with van der Waals surface area (Å²) in [7, 11) is 0. The van der Waals surface area contributed by atoms with Crippen molar-refractivity contribution in [1.82, 2.24) is 30.1 Å². The van der Waals surface area contributed by atoms with E-state index in [0.717, 1.165) is 40.8 Å². The van der Waals surface area contributed by atoms with Gasteiger partial charge in [0.2, 0.25) is 0 Å². The molecule has 3 aromatic heterocycles. The number of halogens is 1. The fourth-order valence-electron chi connectivity index (χ4n) is 4.78. The molecule has 202 valence electrons. The highest BCUT2D eigenvalue weighted by Gasteiger charge is 2.27. The summed E-state index contributed by atoms with van der Waals surface area (Å²) in [6.45, 7) is 5.77. The van der Waals surface area contributed by atoms with E-state index in [1.807, 2.05) is 43.3 Å². The number of tetrazole rings is 1. The van der Waals surface area contributed by atoms with Gasteiger partial charge in [0.1, 0.15) is 23.9 Å². The van der Waals surface area contributed by atoms with Gasteiger partial charge in [-0.05, 0) is 77.9 Å². The first-order valence-corrected chi connectivity index (χ1v) is 13.1. The summed E-state index contributed by atoms with van der Waals surface area (Å²) in [5.41, 5.74) is 2.09. The number of hydrogen-bond donors (Lipinski definition) is 1. The second-order valence-electron chi connectivity index (χ2n) is 9.42. The van der Waals surface area contributed by atoms with Gasteiger partial charge in [0.05, 0.1) is 18.9 Å². The highest BCUT2D eigenvalue weighted by Crippen LogP contribution is 2.29. The first-order chi connectivity index (χ1) is 19.0. The van der Waals surface area contributed by atoms with Gasteiger partial charge < -0.3 is 14.1 Å². The number of pyridine rings is 1. The van der Waals surface area contributed by atoms with E-state index in [9.17, 15) is 9.18 Å². The Bertz CT molecular complexity index is 1560. The zero-order valence-corrected chi connectivity index (χ0v) is 22.0. The standard InChI is InChI=1S/C29H31FN6O3/c1-3-6-27(28-32-33-34-36(28)19-25-7-5-14-39-25)35(17-20-8-10-23(30)11-9-20)18-22-15-21-16-24(38-4-2)12-13-26(21)31-29(22)37/h5,7-16,27H,3-4,6,17-19H2,1-2H3,(H,31,37)/t27-/m0/s1. The largest absolute Gasteiger partial charge is 0.494 e. The summed E-state index contributed by atoms with van der Waals surface area (Å²) < 4.78 is 26.6. The summed E-state index contributed by atoms with van der Waals surface area (Å²) in [5.74, 6) is 1.85. The Kier molecular flexibility index (Phi) is 8.12. The summed E-state index contributed by atoms with van der Waals surface area (Å²) >= 11 is 0. The van der Waals surface area contributed by atoms with Crippen LogP contribution in [0.3, 0.4) is 0 Å².